The topological polar surface area (TPSA) is 149 Å². The minimum Gasteiger partial charge on any atom is -0.394 e. The van der Waals surface area contributed by atoms with E-state index in [0.717, 1.165) is 0 Å². The van der Waals surface area contributed by atoms with Gasteiger partial charge in [-0.05, 0) is 25.7 Å². The standard InChI is InChI=1S/C15H25ClO9/c1-15(22)7(18)2-5-3-8(16)24-13(9(5)15)25-14-12(21)11(20)10(19)6(4-17)23-14/h5-14,17-22H,2-4H2,1H3/t5-,6-,7-,8+,9-,10-,11+,12-,13?,14+,15+/m1/s1. The minimum absolute atomic E-state index is 0.156. The van der Waals surface area contributed by atoms with Crippen LogP contribution in [0.5, 0.6) is 0 Å². The number of aliphatic hydroxyl groups excluding tert-OH is 5. The van der Waals surface area contributed by atoms with Crippen LogP contribution in [0.2, 0.25) is 0 Å². The number of fused-ring (bicyclic) bond motifs is 1. The van der Waals surface area contributed by atoms with Crippen molar-refractivity contribution in [1.82, 2.24) is 0 Å². The number of ether oxygens (including phenoxy) is 3. The van der Waals surface area contributed by atoms with Crippen LogP contribution < -0.4 is 0 Å². The fraction of sp³-hybridized carbons (Fsp3) is 1.00. The highest BCUT2D eigenvalue weighted by Crippen LogP contribution is 2.49. The largest absolute Gasteiger partial charge is 0.394 e. The van der Waals surface area contributed by atoms with Gasteiger partial charge < -0.3 is 44.8 Å². The molecule has 1 unspecified atom stereocenters. The smallest absolute Gasteiger partial charge is 0.189 e. The lowest BCUT2D eigenvalue weighted by molar-refractivity contribution is -0.360. The van der Waals surface area contributed by atoms with Gasteiger partial charge in [0, 0.05) is 5.92 Å². The molecule has 0 bridgehead atoms. The van der Waals surface area contributed by atoms with Crippen molar-refractivity contribution in [2.75, 3.05) is 6.61 Å². The van der Waals surface area contributed by atoms with Crippen molar-refractivity contribution in [3.05, 3.63) is 0 Å². The van der Waals surface area contributed by atoms with Gasteiger partial charge in [-0.2, -0.15) is 0 Å². The number of alkyl halides is 1. The second kappa shape index (κ2) is 7.16. The van der Waals surface area contributed by atoms with Gasteiger partial charge in [-0.1, -0.05) is 11.6 Å². The number of aliphatic hydroxyl groups is 6. The zero-order chi connectivity index (χ0) is 18.5. The average Bonchev–Trinajstić information content (AvgIpc) is 2.77. The summed E-state index contributed by atoms with van der Waals surface area (Å²) in [5, 5.41) is 59.7. The monoisotopic (exact) mass is 384 g/mol. The summed E-state index contributed by atoms with van der Waals surface area (Å²) >= 11 is 6.08. The Bertz CT molecular complexity index is 476. The summed E-state index contributed by atoms with van der Waals surface area (Å²) in [7, 11) is 0. The Hall–Kier alpha value is -0.0700. The molecule has 3 rings (SSSR count). The van der Waals surface area contributed by atoms with Crippen LogP contribution in [0.25, 0.3) is 0 Å². The van der Waals surface area contributed by atoms with E-state index in [4.69, 9.17) is 25.8 Å². The summed E-state index contributed by atoms with van der Waals surface area (Å²) in [5.74, 6) is -0.777. The van der Waals surface area contributed by atoms with Crippen LogP contribution in [0.3, 0.4) is 0 Å². The van der Waals surface area contributed by atoms with Crippen LogP contribution in [-0.2, 0) is 14.2 Å². The molecule has 2 heterocycles. The lowest BCUT2D eigenvalue weighted by Crippen LogP contribution is -2.61. The Kier molecular flexibility index (Phi) is 5.64. The summed E-state index contributed by atoms with van der Waals surface area (Å²) in [5.41, 5.74) is -2.20. The van der Waals surface area contributed by atoms with Gasteiger partial charge in [0.2, 0.25) is 0 Å². The molecule has 3 aliphatic rings. The quantitative estimate of drug-likeness (QED) is 0.300. The van der Waals surface area contributed by atoms with Crippen molar-refractivity contribution in [2.24, 2.45) is 11.8 Å². The van der Waals surface area contributed by atoms with Gasteiger partial charge in [0.05, 0.1) is 18.3 Å². The Morgan fingerprint density at radius 1 is 1.04 bits per heavy atom. The first kappa shape index (κ1) is 19.7. The first-order valence-corrected chi connectivity index (χ1v) is 8.76. The normalized spacial score (nSPS) is 56.6. The Balaban J connectivity index is 1.78. The van der Waals surface area contributed by atoms with E-state index in [1.807, 2.05) is 0 Å². The highest BCUT2D eigenvalue weighted by Gasteiger charge is 2.58. The number of hydrogen-bond acceptors (Lipinski definition) is 9. The molecule has 2 saturated heterocycles. The highest BCUT2D eigenvalue weighted by molar-refractivity contribution is 6.19. The van der Waals surface area contributed by atoms with E-state index in [0.29, 0.717) is 12.8 Å². The summed E-state index contributed by atoms with van der Waals surface area (Å²) < 4.78 is 16.5. The van der Waals surface area contributed by atoms with E-state index in [1.165, 1.54) is 6.92 Å². The zero-order valence-corrected chi connectivity index (χ0v) is 14.4. The lowest BCUT2D eigenvalue weighted by Gasteiger charge is -2.45. The number of hydrogen-bond donors (Lipinski definition) is 6. The van der Waals surface area contributed by atoms with Crippen LogP contribution in [0.1, 0.15) is 19.8 Å². The van der Waals surface area contributed by atoms with Gasteiger partial charge >= 0.3 is 0 Å². The van der Waals surface area contributed by atoms with Crippen LogP contribution in [0, 0.1) is 11.8 Å². The molecule has 25 heavy (non-hydrogen) atoms. The number of halogens is 1. The molecule has 11 atom stereocenters. The lowest BCUT2D eigenvalue weighted by atomic mass is 9.83. The van der Waals surface area contributed by atoms with E-state index in [2.05, 4.69) is 0 Å². The van der Waals surface area contributed by atoms with E-state index < -0.39 is 66.8 Å². The van der Waals surface area contributed by atoms with Gasteiger partial charge in [0.25, 0.3) is 0 Å². The maximum atomic E-state index is 10.6. The maximum Gasteiger partial charge on any atom is 0.189 e. The molecule has 3 fully saturated rings. The summed E-state index contributed by atoms with van der Waals surface area (Å²) in [6, 6.07) is 0. The molecule has 1 aliphatic carbocycles. The maximum absolute atomic E-state index is 10.6. The highest BCUT2D eigenvalue weighted by atomic mass is 35.5. The third-order valence-corrected chi connectivity index (χ3v) is 5.84. The molecule has 0 spiro atoms. The molecule has 9 nitrogen and oxygen atoms in total. The SMILES string of the molecule is C[C@]1(O)[C@H](O)C[C@@H]2C[C@@H](Cl)OC(O[C@@H]3O[C@H](CO)[C@@H](O)[C@H](O)[C@H]3O)[C@@H]21. The molecule has 0 aromatic heterocycles. The molecule has 2 aliphatic heterocycles. The van der Waals surface area contributed by atoms with E-state index in [1.54, 1.807) is 0 Å². The predicted octanol–water partition coefficient (Wildman–Crippen LogP) is -2.14. The van der Waals surface area contributed by atoms with Crippen LogP contribution in [0.4, 0.5) is 0 Å². The Labute approximate surface area is 149 Å². The second-order valence-electron chi connectivity index (χ2n) is 7.25. The summed E-state index contributed by atoms with van der Waals surface area (Å²) in [6.07, 6.45) is -8.53. The van der Waals surface area contributed by atoms with Crippen molar-refractivity contribution in [2.45, 2.75) is 74.0 Å². The zero-order valence-electron chi connectivity index (χ0n) is 13.7. The molecule has 0 aromatic rings. The minimum atomic E-state index is -1.59. The van der Waals surface area contributed by atoms with Crippen molar-refractivity contribution < 1.29 is 44.8 Å². The molecule has 1 saturated carbocycles. The third kappa shape index (κ3) is 3.43. The summed E-state index contributed by atoms with van der Waals surface area (Å²) in [4.78, 5) is 0. The van der Waals surface area contributed by atoms with Crippen molar-refractivity contribution >= 4 is 11.6 Å². The molecule has 6 N–H and O–H groups in total. The van der Waals surface area contributed by atoms with Gasteiger partial charge in [0.15, 0.2) is 12.6 Å². The molecular weight excluding hydrogens is 360 g/mol. The summed E-state index contributed by atoms with van der Waals surface area (Å²) in [6.45, 7) is 0.890. The molecular formula is C15H25ClO9. The Morgan fingerprint density at radius 2 is 1.72 bits per heavy atom. The van der Waals surface area contributed by atoms with Gasteiger partial charge in [-0.3, -0.25) is 0 Å². The van der Waals surface area contributed by atoms with E-state index in [9.17, 15) is 30.6 Å². The first-order valence-electron chi connectivity index (χ1n) is 8.32. The van der Waals surface area contributed by atoms with Crippen LogP contribution in [0.15, 0.2) is 0 Å². The predicted molar refractivity (Wildman–Crippen MR) is 82.2 cm³/mol. The van der Waals surface area contributed by atoms with Gasteiger partial charge in [0.1, 0.15) is 30.0 Å². The van der Waals surface area contributed by atoms with Crippen molar-refractivity contribution in [1.29, 1.82) is 0 Å². The molecule has 10 heteroatoms. The molecule has 0 amide bonds. The first-order chi connectivity index (χ1) is 11.7. The van der Waals surface area contributed by atoms with E-state index >= 15 is 0 Å². The Morgan fingerprint density at radius 3 is 2.36 bits per heavy atom. The average molecular weight is 385 g/mol. The van der Waals surface area contributed by atoms with Crippen molar-refractivity contribution in [3.8, 4) is 0 Å². The molecule has 146 valence electrons. The van der Waals surface area contributed by atoms with Gasteiger partial charge in [-0.25, -0.2) is 0 Å². The number of rotatable bonds is 3. The van der Waals surface area contributed by atoms with Gasteiger partial charge in [-0.15, -0.1) is 0 Å². The van der Waals surface area contributed by atoms with Crippen LogP contribution in [-0.4, -0.2) is 91.5 Å². The second-order valence-corrected chi connectivity index (χ2v) is 7.73. The van der Waals surface area contributed by atoms with Crippen molar-refractivity contribution in [3.63, 3.8) is 0 Å². The molecule has 0 radical (unpaired) electrons. The molecule has 0 aromatic carbocycles. The van der Waals surface area contributed by atoms with Crippen LogP contribution >= 0.6 is 11.6 Å². The fourth-order valence-corrected chi connectivity index (χ4v) is 4.39. The fourth-order valence-electron chi connectivity index (χ4n) is 4.06. The third-order valence-electron chi connectivity index (χ3n) is 5.56. The van der Waals surface area contributed by atoms with E-state index in [-0.39, 0.29) is 5.92 Å².